The minimum atomic E-state index is 0.578. The number of aliphatic imine (C=N–C) groups is 1. The first kappa shape index (κ1) is 19.8. The number of hydrogen-bond acceptors (Lipinski definition) is 5. The Bertz CT molecular complexity index is 866. The van der Waals surface area contributed by atoms with Crippen molar-refractivity contribution in [2.24, 2.45) is 10.9 Å². The van der Waals surface area contributed by atoms with Crippen LogP contribution in [0.5, 0.6) is 0 Å². The van der Waals surface area contributed by atoms with Gasteiger partial charge in [0, 0.05) is 24.3 Å². The van der Waals surface area contributed by atoms with Crippen molar-refractivity contribution < 1.29 is 0 Å². The number of anilines is 2. The molecular formula is C21H26N4S. The third-order valence-corrected chi connectivity index (χ3v) is 4.86. The van der Waals surface area contributed by atoms with Crippen molar-refractivity contribution in [2.45, 2.75) is 27.2 Å². The lowest BCUT2D eigenvalue weighted by Gasteiger charge is -2.05. The molecule has 2 heterocycles. The summed E-state index contributed by atoms with van der Waals surface area (Å²) in [5, 5.41) is 12.8. The highest BCUT2D eigenvalue weighted by Gasteiger charge is 2.09. The third-order valence-electron chi connectivity index (χ3n) is 3.93. The molecule has 3 rings (SSSR count). The summed E-state index contributed by atoms with van der Waals surface area (Å²) in [4.78, 5) is 8.71. The minimum absolute atomic E-state index is 0.578. The van der Waals surface area contributed by atoms with E-state index in [0.717, 1.165) is 33.2 Å². The molecule has 0 atom stereocenters. The topological polar surface area (TPSA) is 61.1 Å². The van der Waals surface area contributed by atoms with Gasteiger partial charge in [-0.05, 0) is 30.2 Å². The molecular weight excluding hydrogens is 340 g/mol. The summed E-state index contributed by atoms with van der Waals surface area (Å²) >= 11 is 1.65. The van der Waals surface area contributed by atoms with E-state index < -0.39 is 0 Å². The lowest BCUT2D eigenvalue weighted by molar-refractivity contribution is 0.626. The van der Waals surface area contributed by atoms with E-state index >= 15 is 0 Å². The van der Waals surface area contributed by atoms with E-state index in [1.165, 1.54) is 12.6 Å². The monoisotopic (exact) mass is 366 g/mol. The highest BCUT2D eigenvalue weighted by molar-refractivity contribution is 7.17. The van der Waals surface area contributed by atoms with Gasteiger partial charge in [0.25, 0.3) is 0 Å². The number of fused-ring (bicyclic) bond motifs is 1. The van der Waals surface area contributed by atoms with Crippen LogP contribution in [0.4, 0.5) is 11.4 Å². The molecule has 0 unspecified atom stereocenters. The summed E-state index contributed by atoms with van der Waals surface area (Å²) in [5.41, 5.74) is 4.21. The van der Waals surface area contributed by atoms with E-state index in [1.807, 2.05) is 42.5 Å². The Morgan fingerprint density at radius 3 is 2.50 bits per heavy atom. The van der Waals surface area contributed by atoms with Gasteiger partial charge in [-0.15, -0.1) is 11.3 Å². The summed E-state index contributed by atoms with van der Waals surface area (Å²) in [6.45, 7) is 6.64. The van der Waals surface area contributed by atoms with Crippen LogP contribution in [0.2, 0.25) is 0 Å². The molecule has 1 aromatic carbocycles. The normalized spacial score (nSPS) is 11.2. The quantitative estimate of drug-likeness (QED) is 0.531. The third kappa shape index (κ3) is 5.23. The van der Waals surface area contributed by atoms with Crippen LogP contribution in [0.25, 0.3) is 10.2 Å². The lowest BCUT2D eigenvalue weighted by atomic mass is 10.2. The van der Waals surface area contributed by atoms with Crippen LogP contribution in [-0.4, -0.2) is 24.0 Å². The summed E-state index contributed by atoms with van der Waals surface area (Å²) in [5.74, 6) is 0.884. The van der Waals surface area contributed by atoms with E-state index in [2.05, 4.69) is 41.4 Å². The summed E-state index contributed by atoms with van der Waals surface area (Å²) < 4.78 is 1.11. The SMILES string of the molecule is CCC(C)C.CN=C(C=N)c1ccc2scc(Nc3ccccc3)c2n1. The van der Waals surface area contributed by atoms with Gasteiger partial charge in [-0.3, -0.25) is 4.99 Å². The van der Waals surface area contributed by atoms with Crippen LogP contribution in [0, 0.1) is 11.3 Å². The first-order valence-electron chi connectivity index (χ1n) is 8.77. The zero-order valence-corrected chi connectivity index (χ0v) is 16.6. The second-order valence-corrected chi connectivity index (χ2v) is 7.15. The molecule has 0 fully saturated rings. The van der Waals surface area contributed by atoms with Crippen LogP contribution in [0.1, 0.15) is 32.9 Å². The Labute approximate surface area is 159 Å². The molecule has 2 aromatic heterocycles. The van der Waals surface area contributed by atoms with Crippen LogP contribution in [-0.2, 0) is 0 Å². The predicted octanol–water partition coefficient (Wildman–Crippen LogP) is 6.16. The average molecular weight is 367 g/mol. The average Bonchev–Trinajstić information content (AvgIpc) is 3.06. The lowest BCUT2D eigenvalue weighted by Crippen LogP contribution is -2.04. The fourth-order valence-electron chi connectivity index (χ4n) is 2.07. The van der Waals surface area contributed by atoms with Gasteiger partial charge in [-0.2, -0.15) is 0 Å². The van der Waals surface area contributed by atoms with Crippen molar-refractivity contribution in [1.29, 1.82) is 5.41 Å². The second kappa shape index (κ2) is 9.82. The maximum Gasteiger partial charge on any atom is 0.105 e. The van der Waals surface area contributed by atoms with E-state index in [1.54, 1.807) is 18.4 Å². The number of aromatic nitrogens is 1. The highest BCUT2D eigenvalue weighted by atomic mass is 32.1. The van der Waals surface area contributed by atoms with E-state index in [0.29, 0.717) is 5.71 Å². The van der Waals surface area contributed by atoms with E-state index in [4.69, 9.17) is 5.41 Å². The van der Waals surface area contributed by atoms with Crippen LogP contribution in [0.15, 0.2) is 52.8 Å². The smallest absolute Gasteiger partial charge is 0.105 e. The number of nitrogens with one attached hydrogen (secondary N) is 2. The van der Waals surface area contributed by atoms with Gasteiger partial charge < -0.3 is 10.7 Å². The first-order valence-corrected chi connectivity index (χ1v) is 9.64. The number of nitrogens with zero attached hydrogens (tertiary/aromatic N) is 2. The molecule has 2 N–H and O–H groups in total. The van der Waals surface area contributed by atoms with Crippen LogP contribution < -0.4 is 5.32 Å². The van der Waals surface area contributed by atoms with Gasteiger partial charge in [0.1, 0.15) is 11.2 Å². The molecule has 5 heteroatoms. The van der Waals surface area contributed by atoms with Crippen molar-refractivity contribution in [2.75, 3.05) is 12.4 Å². The molecule has 0 spiro atoms. The Morgan fingerprint density at radius 2 is 1.92 bits per heavy atom. The molecule has 0 saturated carbocycles. The molecule has 0 radical (unpaired) electrons. The van der Waals surface area contributed by atoms with Crippen LogP contribution >= 0.6 is 11.3 Å². The molecule has 0 aliphatic rings. The Kier molecular flexibility index (Phi) is 7.48. The number of benzene rings is 1. The van der Waals surface area contributed by atoms with Crippen molar-refractivity contribution in [1.82, 2.24) is 4.98 Å². The maximum absolute atomic E-state index is 7.39. The van der Waals surface area contributed by atoms with Crippen molar-refractivity contribution >= 4 is 44.9 Å². The molecule has 4 nitrogen and oxygen atoms in total. The number of hydrogen-bond donors (Lipinski definition) is 2. The largest absolute Gasteiger partial charge is 0.353 e. The second-order valence-electron chi connectivity index (χ2n) is 6.24. The summed E-state index contributed by atoms with van der Waals surface area (Å²) in [6, 6.07) is 13.9. The summed E-state index contributed by atoms with van der Waals surface area (Å²) in [6.07, 6.45) is 2.53. The van der Waals surface area contributed by atoms with Crippen LogP contribution in [0.3, 0.4) is 0 Å². The molecule has 0 amide bonds. The fraction of sp³-hybridized carbons (Fsp3) is 0.286. The van der Waals surface area contributed by atoms with Gasteiger partial charge in [-0.25, -0.2) is 4.98 Å². The van der Waals surface area contributed by atoms with E-state index in [-0.39, 0.29) is 0 Å². The van der Waals surface area contributed by atoms with Gasteiger partial charge >= 0.3 is 0 Å². The van der Waals surface area contributed by atoms with Crippen molar-refractivity contribution in [3.8, 4) is 0 Å². The van der Waals surface area contributed by atoms with Gasteiger partial charge in [-0.1, -0.05) is 45.4 Å². The van der Waals surface area contributed by atoms with Gasteiger partial charge in [0.05, 0.1) is 16.1 Å². The number of para-hydroxylation sites is 1. The van der Waals surface area contributed by atoms with E-state index in [9.17, 15) is 0 Å². The zero-order valence-electron chi connectivity index (χ0n) is 15.8. The highest BCUT2D eigenvalue weighted by Crippen LogP contribution is 2.31. The molecule has 0 saturated heterocycles. The molecule has 3 aromatic rings. The first-order chi connectivity index (χ1) is 12.6. The summed E-state index contributed by atoms with van der Waals surface area (Å²) in [7, 11) is 1.67. The predicted molar refractivity (Wildman–Crippen MR) is 116 cm³/mol. The standard InChI is InChI=1S/C16H14N4S.C5H12/c1-18-13(9-17)12-7-8-15-16(20-12)14(10-21-15)19-11-5-3-2-4-6-11;1-4-5(2)3/h2-10,17,19H,1H3;5H,4H2,1-3H3. The van der Waals surface area contributed by atoms with Gasteiger partial charge in [0.2, 0.25) is 0 Å². The molecule has 0 aliphatic carbocycles. The Hall–Kier alpha value is -2.53. The number of thiophene rings is 1. The molecule has 0 aliphatic heterocycles. The fourth-order valence-corrected chi connectivity index (χ4v) is 2.90. The van der Waals surface area contributed by atoms with Gasteiger partial charge in [0.15, 0.2) is 0 Å². The van der Waals surface area contributed by atoms with Crippen molar-refractivity contribution in [3.05, 3.63) is 53.5 Å². The zero-order chi connectivity index (χ0) is 18.9. The van der Waals surface area contributed by atoms with Crippen molar-refractivity contribution in [3.63, 3.8) is 0 Å². The molecule has 0 bridgehead atoms. The number of rotatable bonds is 5. The molecule has 26 heavy (non-hydrogen) atoms. The minimum Gasteiger partial charge on any atom is -0.353 e. The maximum atomic E-state index is 7.39. The molecule has 136 valence electrons. The number of pyridine rings is 1. The Morgan fingerprint density at radius 1 is 1.23 bits per heavy atom. The Balaban J connectivity index is 0.000000431.